The van der Waals surface area contributed by atoms with E-state index < -0.39 is 0 Å². The molecule has 0 amide bonds. The minimum absolute atomic E-state index is 0.876. The minimum Gasteiger partial charge on any atom is -0.494 e. The summed E-state index contributed by atoms with van der Waals surface area (Å²) in [7, 11) is 0. The third-order valence-corrected chi connectivity index (χ3v) is 3.49. The SMILES string of the molecule is c1ccc(OCCCC2CCCCC2)cc1. The van der Waals surface area contributed by atoms with Gasteiger partial charge in [-0.2, -0.15) is 0 Å². The van der Waals surface area contributed by atoms with E-state index in [9.17, 15) is 0 Å². The van der Waals surface area contributed by atoms with Gasteiger partial charge in [0.25, 0.3) is 0 Å². The zero-order valence-corrected chi connectivity index (χ0v) is 10.0. The lowest BCUT2D eigenvalue weighted by Gasteiger charge is -2.21. The number of hydrogen-bond acceptors (Lipinski definition) is 1. The third-order valence-electron chi connectivity index (χ3n) is 3.49. The molecule has 0 bridgehead atoms. The van der Waals surface area contributed by atoms with Gasteiger partial charge >= 0.3 is 0 Å². The highest BCUT2D eigenvalue weighted by Crippen LogP contribution is 2.27. The van der Waals surface area contributed by atoms with E-state index in [1.54, 1.807) is 0 Å². The summed E-state index contributed by atoms with van der Waals surface area (Å²) >= 11 is 0. The zero-order valence-electron chi connectivity index (χ0n) is 10.0. The lowest BCUT2D eigenvalue weighted by atomic mass is 9.86. The predicted molar refractivity (Wildman–Crippen MR) is 67.7 cm³/mol. The predicted octanol–water partition coefficient (Wildman–Crippen LogP) is 4.43. The van der Waals surface area contributed by atoms with Crippen molar-refractivity contribution in [2.75, 3.05) is 6.61 Å². The molecule has 1 heteroatoms. The Hall–Kier alpha value is -0.980. The summed E-state index contributed by atoms with van der Waals surface area (Å²) in [6.45, 7) is 0.876. The van der Waals surface area contributed by atoms with Crippen LogP contribution in [0.4, 0.5) is 0 Å². The van der Waals surface area contributed by atoms with E-state index in [4.69, 9.17) is 4.74 Å². The molecule has 1 fully saturated rings. The van der Waals surface area contributed by atoms with Gasteiger partial charge in [0.2, 0.25) is 0 Å². The molecule has 0 heterocycles. The molecule has 1 nitrogen and oxygen atoms in total. The van der Waals surface area contributed by atoms with Crippen LogP contribution in [-0.2, 0) is 0 Å². The molecular formula is C15H22O. The molecule has 1 aliphatic rings. The van der Waals surface area contributed by atoms with Crippen molar-refractivity contribution in [2.24, 2.45) is 5.92 Å². The Balaban J connectivity index is 1.58. The summed E-state index contributed by atoms with van der Waals surface area (Å²) in [4.78, 5) is 0. The van der Waals surface area contributed by atoms with Crippen LogP contribution in [0.1, 0.15) is 44.9 Å². The molecule has 1 aliphatic carbocycles. The topological polar surface area (TPSA) is 9.23 Å². The molecule has 0 N–H and O–H groups in total. The van der Waals surface area contributed by atoms with Gasteiger partial charge in [-0.05, 0) is 30.9 Å². The standard InChI is InChI=1S/C15H22O/c1-3-8-14(9-4-1)10-7-13-16-15-11-5-2-6-12-15/h2,5-6,11-12,14H,1,3-4,7-10,13H2. The van der Waals surface area contributed by atoms with Crippen molar-refractivity contribution in [3.05, 3.63) is 30.3 Å². The smallest absolute Gasteiger partial charge is 0.119 e. The fourth-order valence-electron chi connectivity index (χ4n) is 2.55. The van der Waals surface area contributed by atoms with Crippen LogP contribution < -0.4 is 4.74 Å². The molecule has 0 unspecified atom stereocenters. The summed E-state index contributed by atoms with van der Waals surface area (Å²) in [6.07, 6.45) is 9.81. The fourth-order valence-corrected chi connectivity index (χ4v) is 2.55. The van der Waals surface area contributed by atoms with Gasteiger partial charge < -0.3 is 4.74 Å². The molecule has 0 spiro atoms. The summed E-state index contributed by atoms with van der Waals surface area (Å²) in [5.74, 6) is 1.99. The maximum Gasteiger partial charge on any atom is 0.119 e. The van der Waals surface area contributed by atoms with E-state index in [1.807, 2.05) is 30.3 Å². The Morgan fingerprint density at radius 2 is 1.75 bits per heavy atom. The molecule has 0 aliphatic heterocycles. The summed E-state index contributed by atoms with van der Waals surface area (Å²) in [5.41, 5.74) is 0. The second-order valence-electron chi connectivity index (χ2n) is 4.81. The van der Waals surface area contributed by atoms with E-state index in [-0.39, 0.29) is 0 Å². The normalized spacial score (nSPS) is 17.2. The van der Waals surface area contributed by atoms with Crippen molar-refractivity contribution in [2.45, 2.75) is 44.9 Å². The largest absolute Gasteiger partial charge is 0.494 e. The Bertz CT molecular complexity index is 275. The summed E-state index contributed by atoms with van der Waals surface area (Å²) in [5, 5.41) is 0. The van der Waals surface area contributed by atoms with E-state index in [0.717, 1.165) is 18.3 Å². The van der Waals surface area contributed by atoms with Gasteiger partial charge in [-0.25, -0.2) is 0 Å². The Labute approximate surface area is 98.8 Å². The molecule has 0 aromatic heterocycles. The lowest BCUT2D eigenvalue weighted by molar-refractivity contribution is 0.269. The maximum atomic E-state index is 5.70. The number of para-hydroxylation sites is 1. The van der Waals surface area contributed by atoms with Crippen LogP contribution in [0, 0.1) is 5.92 Å². The van der Waals surface area contributed by atoms with Gasteiger partial charge in [-0.3, -0.25) is 0 Å². The van der Waals surface area contributed by atoms with Crippen LogP contribution >= 0.6 is 0 Å². The van der Waals surface area contributed by atoms with Gasteiger partial charge in [-0.1, -0.05) is 50.3 Å². The molecule has 1 aromatic rings. The van der Waals surface area contributed by atoms with E-state index in [1.165, 1.54) is 44.9 Å². The first-order chi connectivity index (χ1) is 7.95. The van der Waals surface area contributed by atoms with Crippen molar-refractivity contribution >= 4 is 0 Å². The van der Waals surface area contributed by atoms with Gasteiger partial charge in [0.1, 0.15) is 5.75 Å². The summed E-state index contributed by atoms with van der Waals surface area (Å²) < 4.78 is 5.70. The monoisotopic (exact) mass is 218 g/mol. The van der Waals surface area contributed by atoms with Crippen LogP contribution in [0.25, 0.3) is 0 Å². The first-order valence-corrected chi connectivity index (χ1v) is 6.63. The average Bonchev–Trinajstić information content (AvgIpc) is 2.37. The Morgan fingerprint density at radius 3 is 2.50 bits per heavy atom. The van der Waals surface area contributed by atoms with Crippen molar-refractivity contribution < 1.29 is 4.74 Å². The van der Waals surface area contributed by atoms with E-state index in [2.05, 4.69) is 0 Å². The van der Waals surface area contributed by atoms with Gasteiger partial charge in [0, 0.05) is 0 Å². The van der Waals surface area contributed by atoms with Crippen LogP contribution in [0.15, 0.2) is 30.3 Å². The Kier molecular flexibility index (Phi) is 4.72. The number of hydrogen-bond donors (Lipinski definition) is 0. The number of rotatable bonds is 5. The number of benzene rings is 1. The highest BCUT2D eigenvalue weighted by Gasteiger charge is 2.12. The quantitative estimate of drug-likeness (QED) is 0.664. The second kappa shape index (κ2) is 6.57. The van der Waals surface area contributed by atoms with Crippen molar-refractivity contribution in [1.82, 2.24) is 0 Å². The van der Waals surface area contributed by atoms with Gasteiger partial charge in [0.05, 0.1) is 6.61 Å². The fraction of sp³-hybridized carbons (Fsp3) is 0.600. The van der Waals surface area contributed by atoms with Crippen molar-refractivity contribution in [3.8, 4) is 5.75 Å². The highest BCUT2D eigenvalue weighted by molar-refractivity contribution is 5.20. The third kappa shape index (κ3) is 3.88. The average molecular weight is 218 g/mol. The molecule has 1 saturated carbocycles. The molecular weight excluding hydrogens is 196 g/mol. The molecule has 0 atom stereocenters. The number of ether oxygens (including phenoxy) is 1. The zero-order chi connectivity index (χ0) is 11.1. The van der Waals surface area contributed by atoms with Crippen LogP contribution in [0.5, 0.6) is 5.75 Å². The van der Waals surface area contributed by atoms with Crippen LogP contribution in [0.2, 0.25) is 0 Å². The molecule has 1 aromatic carbocycles. The van der Waals surface area contributed by atoms with Crippen molar-refractivity contribution in [1.29, 1.82) is 0 Å². The first-order valence-electron chi connectivity index (χ1n) is 6.63. The van der Waals surface area contributed by atoms with Gasteiger partial charge in [-0.15, -0.1) is 0 Å². The first kappa shape index (κ1) is 11.5. The van der Waals surface area contributed by atoms with Gasteiger partial charge in [0.15, 0.2) is 0 Å². The lowest BCUT2D eigenvalue weighted by Crippen LogP contribution is -2.08. The minimum atomic E-state index is 0.876. The van der Waals surface area contributed by atoms with Crippen LogP contribution in [-0.4, -0.2) is 6.61 Å². The van der Waals surface area contributed by atoms with E-state index in [0.29, 0.717) is 0 Å². The highest BCUT2D eigenvalue weighted by atomic mass is 16.5. The molecule has 88 valence electrons. The summed E-state index contributed by atoms with van der Waals surface area (Å²) in [6, 6.07) is 10.1. The Morgan fingerprint density at radius 1 is 1.00 bits per heavy atom. The van der Waals surface area contributed by atoms with Crippen LogP contribution in [0.3, 0.4) is 0 Å². The molecule has 2 rings (SSSR count). The molecule has 0 saturated heterocycles. The maximum absolute atomic E-state index is 5.70. The van der Waals surface area contributed by atoms with E-state index >= 15 is 0 Å². The molecule has 0 radical (unpaired) electrons. The van der Waals surface area contributed by atoms with Crippen molar-refractivity contribution in [3.63, 3.8) is 0 Å². The second-order valence-corrected chi connectivity index (χ2v) is 4.81. The molecule has 16 heavy (non-hydrogen) atoms.